The molecule has 0 aliphatic heterocycles. The van der Waals surface area contributed by atoms with E-state index in [2.05, 4.69) is 58.4 Å². The van der Waals surface area contributed by atoms with E-state index < -0.39 is 0 Å². The number of aromatic nitrogens is 3. The van der Waals surface area contributed by atoms with Crippen molar-refractivity contribution in [2.75, 3.05) is 14.1 Å². The van der Waals surface area contributed by atoms with Gasteiger partial charge in [-0.1, -0.05) is 18.2 Å². The van der Waals surface area contributed by atoms with E-state index in [4.69, 9.17) is 0 Å². The van der Waals surface area contributed by atoms with Crippen LogP contribution in [0.3, 0.4) is 0 Å². The van der Waals surface area contributed by atoms with E-state index in [1.807, 2.05) is 50.8 Å². The second kappa shape index (κ2) is 9.88. The number of pyridine rings is 1. The Kier molecular flexibility index (Phi) is 6.89. The van der Waals surface area contributed by atoms with Gasteiger partial charge in [0.05, 0.1) is 17.3 Å². The van der Waals surface area contributed by atoms with Gasteiger partial charge in [-0.15, -0.1) is 0 Å². The summed E-state index contributed by atoms with van der Waals surface area (Å²) >= 11 is 0. The Balaban J connectivity index is 1.76. The van der Waals surface area contributed by atoms with Gasteiger partial charge in [0, 0.05) is 35.8 Å². The fraction of sp³-hybridized carbons (Fsp3) is 0.321. The van der Waals surface area contributed by atoms with Gasteiger partial charge in [0.15, 0.2) is 0 Å². The van der Waals surface area contributed by atoms with Gasteiger partial charge in [-0.2, -0.15) is 5.10 Å². The highest BCUT2D eigenvalue weighted by atomic mass is 16.1. The van der Waals surface area contributed by atoms with E-state index in [9.17, 15) is 9.59 Å². The van der Waals surface area contributed by atoms with Crippen molar-refractivity contribution in [3.05, 3.63) is 87.0 Å². The standard InChI is InChI=1S/C28H33N5O2/c1-17(2)33-26-13-22(21-9-7-8-20(11-21)16-32(5)6)12-23(25(26)15-30-33)27(34)29-14-24-18(3)10-19(4)31-28(24)35/h7-13,15,17H,14,16H2,1-6H3,(H,29,34)(H,31,35). The molecule has 4 aromatic rings. The Morgan fingerprint density at radius 3 is 2.57 bits per heavy atom. The first-order valence-corrected chi connectivity index (χ1v) is 11.9. The van der Waals surface area contributed by atoms with Crippen LogP contribution in [0.2, 0.25) is 0 Å². The molecule has 0 aliphatic carbocycles. The van der Waals surface area contributed by atoms with Crippen LogP contribution in [0.15, 0.2) is 53.5 Å². The van der Waals surface area contributed by atoms with Gasteiger partial charge >= 0.3 is 0 Å². The van der Waals surface area contributed by atoms with Crippen LogP contribution in [0, 0.1) is 13.8 Å². The normalized spacial score (nSPS) is 11.5. The number of carbonyl (C=O) groups is 1. The fourth-order valence-corrected chi connectivity index (χ4v) is 4.49. The number of fused-ring (bicyclic) bond motifs is 1. The lowest BCUT2D eigenvalue weighted by atomic mass is 9.98. The monoisotopic (exact) mass is 471 g/mol. The molecule has 2 N–H and O–H groups in total. The Bertz CT molecular complexity index is 1450. The predicted octanol–water partition coefficient (Wildman–Crippen LogP) is 4.58. The lowest BCUT2D eigenvalue weighted by Crippen LogP contribution is -2.28. The molecule has 0 spiro atoms. The first-order valence-electron chi connectivity index (χ1n) is 11.9. The third kappa shape index (κ3) is 5.20. The van der Waals surface area contributed by atoms with Crippen LogP contribution in [0.25, 0.3) is 22.0 Å². The molecule has 4 rings (SSSR count). The first kappa shape index (κ1) is 24.4. The minimum Gasteiger partial charge on any atom is -0.348 e. The quantitative estimate of drug-likeness (QED) is 0.413. The smallest absolute Gasteiger partial charge is 0.253 e. The summed E-state index contributed by atoms with van der Waals surface area (Å²) in [5, 5.41) is 8.31. The summed E-state index contributed by atoms with van der Waals surface area (Å²) in [5.74, 6) is -0.232. The number of hydrogen-bond acceptors (Lipinski definition) is 4. The van der Waals surface area contributed by atoms with Gasteiger partial charge in [-0.3, -0.25) is 14.3 Å². The van der Waals surface area contributed by atoms with E-state index in [1.165, 1.54) is 5.56 Å². The Hall–Kier alpha value is -3.71. The molecule has 0 saturated heterocycles. The second-order valence-electron chi connectivity index (χ2n) is 9.70. The molecule has 0 aliphatic rings. The van der Waals surface area contributed by atoms with Crippen molar-refractivity contribution in [2.24, 2.45) is 0 Å². The Labute approximate surface area is 205 Å². The molecule has 7 heteroatoms. The zero-order chi connectivity index (χ0) is 25.3. The molecule has 2 aromatic carbocycles. The summed E-state index contributed by atoms with van der Waals surface area (Å²) in [4.78, 5) is 30.8. The van der Waals surface area contributed by atoms with Crippen LogP contribution >= 0.6 is 0 Å². The number of amides is 1. The topological polar surface area (TPSA) is 83.0 Å². The van der Waals surface area contributed by atoms with Crippen molar-refractivity contribution in [1.29, 1.82) is 0 Å². The largest absolute Gasteiger partial charge is 0.348 e. The fourth-order valence-electron chi connectivity index (χ4n) is 4.49. The average molecular weight is 472 g/mol. The van der Waals surface area contributed by atoms with Crippen molar-refractivity contribution < 1.29 is 4.79 Å². The van der Waals surface area contributed by atoms with Crippen molar-refractivity contribution >= 4 is 16.8 Å². The van der Waals surface area contributed by atoms with Crippen molar-refractivity contribution in [3.8, 4) is 11.1 Å². The van der Waals surface area contributed by atoms with E-state index in [0.717, 1.165) is 39.8 Å². The Morgan fingerprint density at radius 2 is 1.89 bits per heavy atom. The molecule has 7 nitrogen and oxygen atoms in total. The van der Waals surface area contributed by atoms with Gasteiger partial charge < -0.3 is 15.2 Å². The number of benzene rings is 2. The van der Waals surface area contributed by atoms with Crippen LogP contribution in [-0.4, -0.2) is 39.7 Å². The number of H-pyrrole nitrogens is 1. The number of nitrogens with zero attached hydrogens (tertiary/aromatic N) is 3. The van der Waals surface area contributed by atoms with Gasteiger partial charge in [0.2, 0.25) is 0 Å². The molecule has 182 valence electrons. The number of hydrogen-bond donors (Lipinski definition) is 2. The third-order valence-electron chi connectivity index (χ3n) is 6.13. The van der Waals surface area contributed by atoms with Crippen LogP contribution in [0.1, 0.15) is 52.6 Å². The van der Waals surface area contributed by atoms with Gasteiger partial charge in [0.1, 0.15) is 0 Å². The molecule has 2 aromatic heterocycles. The van der Waals surface area contributed by atoms with Crippen LogP contribution in [0.5, 0.6) is 0 Å². The van der Waals surface area contributed by atoms with Crippen LogP contribution in [-0.2, 0) is 13.1 Å². The summed E-state index contributed by atoms with van der Waals surface area (Å²) in [6.45, 7) is 8.86. The lowest BCUT2D eigenvalue weighted by Gasteiger charge is -2.14. The van der Waals surface area contributed by atoms with Crippen LogP contribution < -0.4 is 10.9 Å². The van der Waals surface area contributed by atoms with Crippen molar-refractivity contribution in [2.45, 2.75) is 46.8 Å². The number of nitrogens with one attached hydrogen (secondary N) is 2. The highest BCUT2D eigenvalue weighted by Gasteiger charge is 2.18. The molecule has 0 radical (unpaired) electrons. The molecule has 1 amide bonds. The van der Waals surface area contributed by atoms with E-state index in [1.54, 1.807) is 6.20 Å². The maximum absolute atomic E-state index is 13.4. The van der Waals surface area contributed by atoms with Crippen molar-refractivity contribution in [1.82, 2.24) is 25.0 Å². The number of rotatable bonds is 7. The molecular weight excluding hydrogens is 438 g/mol. The highest BCUT2D eigenvalue weighted by Crippen LogP contribution is 2.30. The molecule has 0 unspecified atom stereocenters. The molecule has 0 bridgehead atoms. The minimum atomic E-state index is -0.232. The molecule has 35 heavy (non-hydrogen) atoms. The maximum atomic E-state index is 13.4. The SMILES string of the molecule is Cc1cc(C)c(CNC(=O)c2cc(-c3cccc(CN(C)C)c3)cc3c2cnn3C(C)C)c(=O)[nH]1. The Morgan fingerprint density at radius 1 is 1.11 bits per heavy atom. The number of aryl methyl sites for hydroxylation is 2. The molecule has 0 atom stereocenters. The van der Waals surface area contributed by atoms with Crippen LogP contribution in [0.4, 0.5) is 0 Å². The highest BCUT2D eigenvalue weighted by molar-refractivity contribution is 6.08. The van der Waals surface area contributed by atoms with Gasteiger partial charge in [0.25, 0.3) is 11.5 Å². The predicted molar refractivity (Wildman–Crippen MR) is 141 cm³/mol. The van der Waals surface area contributed by atoms with E-state index in [0.29, 0.717) is 11.1 Å². The molecule has 0 fully saturated rings. The molecule has 0 saturated carbocycles. The summed E-state index contributed by atoms with van der Waals surface area (Å²) in [7, 11) is 4.09. The second-order valence-corrected chi connectivity index (χ2v) is 9.70. The summed E-state index contributed by atoms with van der Waals surface area (Å²) in [6.07, 6.45) is 1.75. The summed E-state index contributed by atoms with van der Waals surface area (Å²) in [5.41, 5.74) is 6.69. The summed E-state index contributed by atoms with van der Waals surface area (Å²) in [6, 6.07) is 14.5. The van der Waals surface area contributed by atoms with Crippen molar-refractivity contribution in [3.63, 3.8) is 0 Å². The molecular formula is C28H33N5O2. The average Bonchev–Trinajstić information content (AvgIpc) is 3.21. The van der Waals surface area contributed by atoms with Gasteiger partial charge in [-0.05, 0) is 88.3 Å². The molecule has 2 heterocycles. The maximum Gasteiger partial charge on any atom is 0.253 e. The van der Waals surface area contributed by atoms with E-state index in [-0.39, 0.29) is 24.1 Å². The lowest BCUT2D eigenvalue weighted by molar-refractivity contribution is 0.0952. The third-order valence-corrected chi connectivity index (χ3v) is 6.13. The zero-order valence-electron chi connectivity index (χ0n) is 21.3. The van der Waals surface area contributed by atoms with E-state index >= 15 is 0 Å². The minimum absolute atomic E-state index is 0.146. The number of carbonyl (C=O) groups excluding carboxylic acids is 1. The zero-order valence-corrected chi connectivity index (χ0v) is 21.3. The number of aromatic amines is 1. The van der Waals surface area contributed by atoms with Gasteiger partial charge in [-0.25, -0.2) is 0 Å². The summed E-state index contributed by atoms with van der Waals surface area (Å²) < 4.78 is 1.94. The first-order chi connectivity index (χ1) is 16.6.